The molecule has 0 aromatic carbocycles. The first-order valence-corrected chi connectivity index (χ1v) is 3.44. The molecule has 1 amide bonds. The Hall–Kier alpha value is -0.390. The SMILES string of the molecule is CONC(=O)[C@H]1C[C@H](F)CN1.Cl. The first kappa shape index (κ1) is 11.6. The highest BCUT2D eigenvalue weighted by atomic mass is 35.5. The van der Waals surface area contributed by atoms with E-state index in [9.17, 15) is 9.18 Å². The molecule has 0 unspecified atom stereocenters. The van der Waals surface area contributed by atoms with E-state index >= 15 is 0 Å². The van der Waals surface area contributed by atoms with Crippen LogP contribution in [0, 0.1) is 0 Å². The summed E-state index contributed by atoms with van der Waals surface area (Å²) in [6.45, 7) is 0.252. The van der Waals surface area contributed by atoms with Gasteiger partial charge in [-0.3, -0.25) is 9.63 Å². The monoisotopic (exact) mass is 198 g/mol. The smallest absolute Gasteiger partial charge is 0.260 e. The third-order valence-electron chi connectivity index (χ3n) is 1.60. The highest BCUT2D eigenvalue weighted by molar-refractivity contribution is 5.85. The summed E-state index contributed by atoms with van der Waals surface area (Å²) < 4.78 is 12.5. The fraction of sp³-hybridized carbons (Fsp3) is 0.833. The van der Waals surface area contributed by atoms with Crippen LogP contribution in [0.1, 0.15) is 6.42 Å². The Morgan fingerprint density at radius 2 is 2.42 bits per heavy atom. The second-order valence-electron chi connectivity index (χ2n) is 2.46. The summed E-state index contributed by atoms with van der Waals surface area (Å²) in [6.07, 6.45) is -0.683. The quantitative estimate of drug-likeness (QED) is 0.604. The molecule has 72 valence electrons. The standard InChI is InChI=1S/C6H11FN2O2.ClH/c1-11-9-6(10)5-2-4(7)3-8-5;/h4-5,8H,2-3H2,1H3,(H,9,10);1H/t4-,5+;/m0./s1. The van der Waals surface area contributed by atoms with E-state index in [0.717, 1.165) is 0 Å². The number of alkyl halides is 1. The summed E-state index contributed by atoms with van der Waals surface area (Å²) in [6, 6.07) is -0.440. The molecule has 2 atom stereocenters. The number of rotatable bonds is 2. The molecular formula is C6H12ClFN2O2. The Kier molecular flexibility index (Phi) is 5.12. The topological polar surface area (TPSA) is 50.4 Å². The van der Waals surface area contributed by atoms with Crippen molar-refractivity contribution >= 4 is 18.3 Å². The van der Waals surface area contributed by atoms with E-state index in [2.05, 4.69) is 15.6 Å². The van der Waals surface area contributed by atoms with Crippen molar-refractivity contribution in [3.05, 3.63) is 0 Å². The number of amides is 1. The molecule has 0 bridgehead atoms. The average molecular weight is 199 g/mol. The number of hydrogen-bond donors (Lipinski definition) is 2. The maximum Gasteiger partial charge on any atom is 0.260 e. The van der Waals surface area contributed by atoms with Gasteiger partial charge in [0.05, 0.1) is 13.2 Å². The van der Waals surface area contributed by atoms with Crippen molar-refractivity contribution in [2.75, 3.05) is 13.7 Å². The minimum absolute atomic E-state index is 0. The normalized spacial score (nSPS) is 27.8. The van der Waals surface area contributed by atoms with Gasteiger partial charge in [-0.05, 0) is 0 Å². The van der Waals surface area contributed by atoms with Crippen LogP contribution in [0.3, 0.4) is 0 Å². The lowest BCUT2D eigenvalue weighted by molar-refractivity contribution is -0.133. The maximum atomic E-state index is 12.5. The molecule has 0 aromatic heterocycles. The number of halogens is 2. The average Bonchev–Trinajstić information content (AvgIpc) is 2.36. The van der Waals surface area contributed by atoms with Gasteiger partial charge in [0.1, 0.15) is 6.17 Å². The van der Waals surface area contributed by atoms with Crippen molar-refractivity contribution in [2.45, 2.75) is 18.6 Å². The molecule has 6 heteroatoms. The van der Waals surface area contributed by atoms with Crippen LogP contribution in [-0.4, -0.2) is 31.8 Å². The number of carbonyl (C=O) groups is 1. The molecule has 1 saturated heterocycles. The van der Waals surface area contributed by atoms with E-state index in [1.807, 2.05) is 0 Å². The van der Waals surface area contributed by atoms with E-state index in [1.165, 1.54) is 7.11 Å². The molecule has 0 spiro atoms. The van der Waals surface area contributed by atoms with Gasteiger partial charge in [-0.15, -0.1) is 12.4 Å². The van der Waals surface area contributed by atoms with E-state index in [0.29, 0.717) is 0 Å². The molecule has 12 heavy (non-hydrogen) atoms. The van der Waals surface area contributed by atoms with Gasteiger partial charge in [-0.2, -0.15) is 0 Å². The van der Waals surface area contributed by atoms with Crippen LogP contribution in [0.25, 0.3) is 0 Å². The third kappa shape index (κ3) is 2.92. The Bertz CT molecular complexity index is 158. The lowest BCUT2D eigenvalue weighted by Gasteiger charge is -2.07. The summed E-state index contributed by atoms with van der Waals surface area (Å²) in [4.78, 5) is 15.3. The maximum absolute atomic E-state index is 12.5. The summed E-state index contributed by atoms with van der Waals surface area (Å²) in [5, 5.41) is 2.72. The summed E-state index contributed by atoms with van der Waals surface area (Å²) in [5.41, 5.74) is 2.14. The second kappa shape index (κ2) is 5.29. The predicted octanol–water partition coefficient (Wildman–Crippen LogP) is -0.214. The van der Waals surface area contributed by atoms with Crippen LogP contribution < -0.4 is 10.8 Å². The number of nitrogens with one attached hydrogen (secondary N) is 2. The predicted molar refractivity (Wildman–Crippen MR) is 43.7 cm³/mol. The van der Waals surface area contributed by atoms with E-state index < -0.39 is 12.2 Å². The lowest BCUT2D eigenvalue weighted by Crippen LogP contribution is -2.39. The Labute approximate surface area is 76.2 Å². The van der Waals surface area contributed by atoms with Crippen LogP contribution in [0.15, 0.2) is 0 Å². The van der Waals surface area contributed by atoms with Gasteiger partial charge in [0, 0.05) is 13.0 Å². The molecule has 1 rings (SSSR count). The number of hydrogen-bond acceptors (Lipinski definition) is 3. The van der Waals surface area contributed by atoms with Crippen LogP contribution >= 0.6 is 12.4 Å². The van der Waals surface area contributed by atoms with Crippen LogP contribution in [-0.2, 0) is 9.63 Å². The van der Waals surface area contributed by atoms with Gasteiger partial charge in [-0.1, -0.05) is 0 Å². The van der Waals surface area contributed by atoms with Crippen molar-refractivity contribution in [1.82, 2.24) is 10.8 Å². The zero-order chi connectivity index (χ0) is 8.27. The van der Waals surface area contributed by atoms with Crippen LogP contribution in [0.2, 0.25) is 0 Å². The molecule has 1 aliphatic heterocycles. The van der Waals surface area contributed by atoms with E-state index in [4.69, 9.17) is 0 Å². The van der Waals surface area contributed by atoms with Gasteiger partial charge >= 0.3 is 0 Å². The van der Waals surface area contributed by atoms with Crippen molar-refractivity contribution in [2.24, 2.45) is 0 Å². The summed E-state index contributed by atoms with van der Waals surface area (Å²) >= 11 is 0. The van der Waals surface area contributed by atoms with Crippen LogP contribution in [0.5, 0.6) is 0 Å². The zero-order valence-electron chi connectivity index (χ0n) is 6.67. The number of hydroxylamine groups is 1. The fourth-order valence-corrected chi connectivity index (χ4v) is 1.06. The summed E-state index contributed by atoms with van der Waals surface area (Å²) in [7, 11) is 1.35. The third-order valence-corrected chi connectivity index (χ3v) is 1.60. The first-order valence-electron chi connectivity index (χ1n) is 3.44. The Balaban J connectivity index is 0.00000121. The fourth-order valence-electron chi connectivity index (χ4n) is 1.06. The lowest BCUT2D eigenvalue weighted by atomic mass is 10.2. The van der Waals surface area contributed by atoms with Crippen molar-refractivity contribution < 1.29 is 14.0 Å². The van der Waals surface area contributed by atoms with Gasteiger partial charge in [-0.25, -0.2) is 9.87 Å². The molecule has 1 heterocycles. The molecule has 0 aliphatic carbocycles. The molecular weight excluding hydrogens is 187 g/mol. The molecule has 1 aliphatic rings. The van der Waals surface area contributed by atoms with Crippen molar-refractivity contribution in [3.8, 4) is 0 Å². The molecule has 2 N–H and O–H groups in total. The minimum atomic E-state index is -0.914. The van der Waals surface area contributed by atoms with E-state index in [-0.39, 0.29) is 31.3 Å². The highest BCUT2D eigenvalue weighted by Gasteiger charge is 2.28. The van der Waals surface area contributed by atoms with Gasteiger partial charge in [0.25, 0.3) is 5.91 Å². The second-order valence-corrected chi connectivity index (χ2v) is 2.46. The Morgan fingerprint density at radius 3 is 2.83 bits per heavy atom. The van der Waals surface area contributed by atoms with Gasteiger partial charge in [0.15, 0.2) is 0 Å². The largest absolute Gasteiger partial charge is 0.303 e. The first-order chi connectivity index (χ1) is 5.24. The van der Waals surface area contributed by atoms with E-state index in [1.54, 1.807) is 0 Å². The highest BCUT2D eigenvalue weighted by Crippen LogP contribution is 2.09. The summed E-state index contributed by atoms with van der Waals surface area (Å²) in [5.74, 6) is -0.312. The molecule has 1 fully saturated rings. The zero-order valence-corrected chi connectivity index (χ0v) is 7.49. The van der Waals surface area contributed by atoms with Gasteiger partial charge in [0.2, 0.25) is 0 Å². The van der Waals surface area contributed by atoms with Crippen LogP contribution in [0.4, 0.5) is 4.39 Å². The molecule has 4 nitrogen and oxygen atoms in total. The van der Waals surface area contributed by atoms with Crippen molar-refractivity contribution in [1.29, 1.82) is 0 Å². The molecule has 0 aromatic rings. The Morgan fingerprint density at radius 1 is 1.75 bits per heavy atom. The van der Waals surface area contributed by atoms with Gasteiger partial charge < -0.3 is 5.32 Å². The molecule has 0 radical (unpaired) electrons. The minimum Gasteiger partial charge on any atom is -0.303 e. The number of carbonyl (C=O) groups excluding carboxylic acids is 1. The molecule has 0 saturated carbocycles. The van der Waals surface area contributed by atoms with Crippen molar-refractivity contribution in [3.63, 3.8) is 0 Å².